The molecule has 9 aromatic rings. The predicted molar refractivity (Wildman–Crippen MR) is 191 cm³/mol. The highest BCUT2D eigenvalue weighted by atomic mass is 15.0. The van der Waals surface area contributed by atoms with Crippen molar-refractivity contribution in [1.82, 2.24) is 4.57 Å². The summed E-state index contributed by atoms with van der Waals surface area (Å²) in [5, 5.41) is 7.74. The van der Waals surface area contributed by atoms with E-state index in [2.05, 4.69) is 168 Å². The highest BCUT2D eigenvalue weighted by Gasteiger charge is 2.21. The number of rotatable bonds is 3. The fourth-order valence-electron chi connectivity index (χ4n) is 7.58. The molecule has 0 unspecified atom stereocenters. The van der Waals surface area contributed by atoms with Crippen molar-refractivity contribution in [2.24, 2.45) is 0 Å². The normalized spacial score (nSPS) is 12.0. The molecule has 0 atom stereocenters. The average Bonchev–Trinajstić information content (AvgIpc) is 3.61. The maximum absolute atomic E-state index is 2.38. The number of benzene rings is 8. The number of hydrogen-bond donors (Lipinski definition) is 0. The minimum atomic E-state index is 1.18. The van der Waals surface area contributed by atoms with Gasteiger partial charge in [-0.15, -0.1) is 0 Å². The lowest BCUT2D eigenvalue weighted by Gasteiger charge is -2.10. The van der Waals surface area contributed by atoms with Crippen LogP contribution in [0.2, 0.25) is 0 Å². The van der Waals surface area contributed by atoms with Crippen molar-refractivity contribution in [3.8, 4) is 50.2 Å². The molecule has 208 valence electrons. The van der Waals surface area contributed by atoms with Crippen LogP contribution in [0.1, 0.15) is 0 Å². The molecule has 1 nitrogen and oxygen atoms in total. The lowest BCUT2D eigenvalue weighted by molar-refractivity contribution is 1.18. The summed E-state index contributed by atoms with van der Waals surface area (Å²) in [7, 11) is 0. The molecule has 0 aliphatic heterocycles. The number of hydrogen-bond acceptors (Lipinski definition) is 0. The topological polar surface area (TPSA) is 4.93 Å². The molecule has 0 saturated carbocycles. The second-order valence-corrected chi connectivity index (χ2v) is 12.2. The fourth-order valence-corrected chi connectivity index (χ4v) is 7.58. The van der Waals surface area contributed by atoms with Crippen molar-refractivity contribution < 1.29 is 0 Å². The van der Waals surface area contributed by atoms with E-state index in [1.807, 2.05) is 0 Å². The van der Waals surface area contributed by atoms with Gasteiger partial charge in [-0.25, -0.2) is 0 Å². The van der Waals surface area contributed by atoms with Gasteiger partial charge in [-0.1, -0.05) is 115 Å². The monoisotopic (exact) mass is 569 g/mol. The van der Waals surface area contributed by atoms with E-state index < -0.39 is 0 Å². The van der Waals surface area contributed by atoms with E-state index in [1.54, 1.807) is 0 Å². The van der Waals surface area contributed by atoms with E-state index in [0.717, 1.165) is 0 Å². The molecule has 0 saturated heterocycles. The predicted octanol–water partition coefficient (Wildman–Crippen LogP) is 12.1. The van der Waals surface area contributed by atoms with E-state index >= 15 is 0 Å². The summed E-state index contributed by atoms with van der Waals surface area (Å²) in [6, 6.07) is 60.3. The van der Waals surface area contributed by atoms with Gasteiger partial charge in [0.1, 0.15) is 0 Å². The zero-order chi connectivity index (χ0) is 29.5. The summed E-state index contributed by atoms with van der Waals surface area (Å²) in [5.41, 5.74) is 14.0. The molecule has 0 spiro atoms. The lowest BCUT2D eigenvalue weighted by atomic mass is 9.94. The maximum atomic E-state index is 2.38. The van der Waals surface area contributed by atoms with Gasteiger partial charge in [0.2, 0.25) is 0 Å². The Kier molecular flexibility index (Phi) is 5.06. The zero-order valence-corrected chi connectivity index (χ0v) is 24.5. The molecule has 0 bridgehead atoms. The molecule has 8 aromatic carbocycles. The minimum Gasteiger partial charge on any atom is -0.309 e. The minimum absolute atomic E-state index is 1.18. The molecule has 1 aliphatic carbocycles. The molecule has 1 aliphatic rings. The van der Waals surface area contributed by atoms with E-state index in [4.69, 9.17) is 0 Å². The first-order valence-corrected chi connectivity index (χ1v) is 15.6. The summed E-state index contributed by atoms with van der Waals surface area (Å²) >= 11 is 0. The Balaban J connectivity index is 1.05. The molecule has 1 heteroatoms. The van der Waals surface area contributed by atoms with Crippen molar-refractivity contribution >= 4 is 43.4 Å². The highest BCUT2D eigenvalue weighted by Crippen LogP contribution is 2.48. The van der Waals surface area contributed by atoms with Crippen LogP contribution in [0, 0.1) is 0 Å². The van der Waals surface area contributed by atoms with Crippen molar-refractivity contribution in [1.29, 1.82) is 0 Å². The fraction of sp³-hybridized carbons (Fsp3) is 0. The summed E-state index contributed by atoms with van der Waals surface area (Å²) < 4.78 is 2.37. The SMILES string of the molecule is c1ccc(-n2c3ccccc3c3cc(-c4ccc5cc(-c6ccc7c(c6)-c6cccc8cccc-7c68)ccc5c4)ccc32)cc1. The first-order chi connectivity index (χ1) is 22.3. The Labute approximate surface area is 261 Å². The Hall–Kier alpha value is -5.92. The van der Waals surface area contributed by atoms with Gasteiger partial charge >= 0.3 is 0 Å². The Morgan fingerprint density at radius 3 is 1.69 bits per heavy atom. The second-order valence-electron chi connectivity index (χ2n) is 12.2. The summed E-state index contributed by atoms with van der Waals surface area (Å²) in [6.45, 7) is 0. The maximum Gasteiger partial charge on any atom is 0.0541 e. The standard InChI is InChI=1S/C44H27N/c1-2-10-35(11-3-1)45-42-15-5-4-12-37(42)41-27-34(21-23-43(41)45)32-19-17-29-24-31(18-16-30(29)25-32)33-20-22-36-38-13-6-8-28-9-7-14-39(44(28)38)40(36)26-33/h1-27H. The zero-order valence-electron chi connectivity index (χ0n) is 24.5. The third-order valence-electron chi connectivity index (χ3n) is 9.70. The van der Waals surface area contributed by atoms with Crippen LogP contribution in [-0.2, 0) is 0 Å². The molecule has 45 heavy (non-hydrogen) atoms. The molecular formula is C44H27N. The van der Waals surface area contributed by atoms with Crippen LogP contribution in [0.25, 0.3) is 93.5 Å². The second kappa shape index (κ2) is 9.29. The van der Waals surface area contributed by atoms with Gasteiger partial charge in [-0.3, -0.25) is 0 Å². The van der Waals surface area contributed by atoms with Crippen molar-refractivity contribution in [2.45, 2.75) is 0 Å². The lowest BCUT2D eigenvalue weighted by Crippen LogP contribution is -1.92. The highest BCUT2D eigenvalue weighted by molar-refractivity contribution is 6.16. The van der Waals surface area contributed by atoms with Gasteiger partial charge in [-0.05, 0) is 115 Å². The third kappa shape index (κ3) is 3.62. The number of fused-ring (bicyclic) bond motifs is 7. The number of nitrogens with zero attached hydrogens (tertiary/aromatic N) is 1. The van der Waals surface area contributed by atoms with Crippen LogP contribution in [0.4, 0.5) is 0 Å². The molecule has 10 rings (SSSR count). The summed E-state index contributed by atoms with van der Waals surface area (Å²) in [4.78, 5) is 0. The third-order valence-corrected chi connectivity index (χ3v) is 9.70. The molecule has 0 N–H and O–H groups in total. The molecule has 0 amide bonds. The molecule has 1 heterocycles. The van der Waals surface area contributed by atoms with Crippen LogP contribution in [-0.4, -0.2) is 4.57 Å². The Morgan fingerprint density at radius 2 is 0.911 bits per heavy atom. The van der Waals surface area contributed by atoms with E-state index in [1.165, 1.54) is 93.5 Å². The van der Waals surface area contributed by atoms with Gasteiger partial charge in [-0.2, -0.15) is 0 Å². The van der Waals surface area contributed by atoms with E-state index in [0.29, 0.717) is 0 Å². The van der Waals surface area contributed by atoms with Crippen molar-refractivity contribution in [2.75, 3.05) is 0 Å². The van der Waals surface area contributed by atoms with Crippen LogP contribution in [0.15, 0.2) is 164 Å². The Bertz CT molecular complexity index is 2630. The molecule has 0 fully saturated rings. The van der Waals surface area contributed by atoms with E-state index in [9.17, 15) is 0 Å². The van der Waals surface area contributed by atoms with Crippen LogP contribution >= 0.6 is 0 Å². The number of para-hydroxylation sites is 2. The number of aromatic nitrogens is 1. The molecule has 0 radical (unpaired) electrons. The van der Waals surface area contributed by atoms with Gasteiger partial charge in [0.15, 0.2) is 0 Å². The van der Waals surface area contributed by atoms with Gasteiger partial charge < -0.3 is 4.57 Å². The summed E-state index contributed by atoms with van der Waals surface area (Å²) in [5.74, 6) is 0. The van der Waals surface area contributed by atoms with Gasteiger partial charge in [0.05, 0.1) is 11.0 Å². The van der Waals surface area contributed by atoms with Crippen molar-refractivity contribution in [3.05, 3.63) is 164 Å². The van der Waals surface area contributed by atoms with Crippen LogP contribution in [0.5, 0.6) is 0 Å². The quantitative estimate of drug-likeness (QED) is 0.199. The van der Waals surface area contributed by atoms with E-state index in [-0.39, 0.29) is 0 Å². The first kappa shape index (κ1) is 24.5. The van der Waals surface area contributed by atoms with Crippen molar-refractivity contribution in [3.63, 3.8) is 0 Å². The summed E-state index contributed by atoms with van der Waals surface area (Å²) in [6.07, 6.45) is 0. The molecular weight excluding hydrogens is 542 g/mol. The van der Waals surface area contributed by atoms with Crippen LogP contribution < -0.4 is 0 Å². The Morgan fingerprint density at radius 1 is 0.311 bits per heavy atom. The smallest absolute Gasteiger partial charge is 0.0541 e. The largest absolute Gasteiger partial charge is 0.309 e. The first-order valence-electron chi connectivity index (χ1n) is 15.6. The average molecular weight is 570 g/mol. The van der Waals surface area contributed by atoms with Crippen LogP contribution in [0.3, 0.4) is 0 Å². The van der Waals surface area contributed by atoms with Gasteiger partial charge in [0, 0.05) is 16.5 Å². The van der Waals surface area contributed by atoms with Gasteiger partial charge in [0.25, 0.3) is 0 Å². The molecule has 1 aromatic heterocycles.